The number of ether oxygens (including phenoxy) is 1. The van der Waals surface area contributed by atoms with Gasteiger partial charge in [-0.3, -0.25) is 0 Å². The molecule has 0 spiro atoms. The molecule has 0 amide bonds. The molecule has 0 aliphatic rings. The van der Waals surface area contributed by atoms with Crippen molar-refractivity contribution < 1.29 is 9.53 Å². The van der Waals surface area contributed by atoms with E-state index in [4.69, 9.17) is 4.74 Å². The Bertz CT molecular complexity index is 400. The summed E-state index contributed by atoms with van der Waals surface area (Å²) in [6, 6.07) is 9.63. The fourth-order valence-corrected chi connectivity index (χ4v) is 1.43. The SMILES string of the molecule is C=C=C(CCCC)C(=O)OCc1ccccc1. The number of unbranched alkanes of at least 4 members (excludes halogenated alkanes) is 1. The van der Waals surface area contributed by atoms with Crippen molar-refractivity contribution >= 4 is 5.97 Å². The zero-order chi connectivity index (χ0) is 12.5. The number of hydrogen-bond acceptors (Lipinski definition) is 2. The first-order valence-electron chi connectivity index (χ1n) is 5.88. The summed E-state index contributed by atoms with van der Waals surface area (Å²) in [5.74, 6) is -0.308. The summed E-state index contributed by atoms with van der Waals surface area (Å²) in [5.41, 5.74) is 4.20. The molecule has 1 aromatic rings. The van der Waals surface area contributed by atoms with Crippen LogP contribution in [-0.2, 0) is 16.1 Å². The molecule has 0 saturated heterocycles. The number of hydrogen-bond donors (Lipinski definition) is 0. The molecule has 2 nitrogen and oxygen atoms in total. The van der Waals surface area contributed by atoms with Gasteiger partial charge in [-0.15, -0.1) is 5.73 Å². The second-order valence-electron chi connectivity index (χ2n) is 3.82. The van der Waals surface area contributed by atoms with E-state index >= 15 is 0 Å². The van der Waals surface area contributed by atoms with E-state index in [0.29, 0.717) is 18.6 Å². The van der Waals surface area contributed by atoms with Gasteiger partial charge in [0.25, 0.3) is 0 Å². The van der Waals surface area contributed by atoms with Crippen LogP contribution in [0.4, 0.5) is 0 Å². The van der Waals surface area contributed by atoms with Gasteiger partial charge in [-0.1, -0.05) is 50.3 Å². The molecule has 0 bridgehead atoms. The standard InChI is InChI=1S/C15H18O2/c1-3-5-11-14(4-2)15(16)17-12-13-9-7-6-8-10-13/h6-10H,2-3,5,11-12H2,1H3. The van der Waals surface area contributed by atoms with Gasteiger partial charge in [-0.05, 0) is 18.4 Å². The van der Waals surface area contributed by atoms with Crippen molar-refractivity contribution in [2.24, 2.45) is 0 Å². The summed E-state index contributed by atoms with van der Waals surface area (Å²) in [4.78, 5) is 11.7. The number of carbonyl (C=O) groups is 1. The van der Waals surface area contributed by atoms with E-state index in [2.05, 4.69) is 19.2 Å². The highest BCUT2D eigenvalue weighted by atomic mass is 16.5. The first-order chi connectivity index (χ1) is 8.27. The molecule has 0 unspecified atom stereocenters. The minimum Gasteiger partial charge on any atom is -0.457 e. The second-order valence-corrected chi connectivity index (χ2v) is 3.82. The van der Waals surface area contributed by atoms with Gasteiger partial charge in [-0.2, -0.15) is 0 Å². The third-order valence-electron chi connectivity index (χ3n) is 2.45. The van der Waals surface area contributed by atoms with Gasteiger partial charge in [0, 0.05) is 0 Å². The lowest BCUT2D eigenvalue weighted by Gasteiger charge is -2.06. The second kappa shape index (κ2) is 7.48. The minimum atomic E-state index is -0.308. The van der Waals surface area contributed by atoms with Crippen molar-refractivity contribution in [1.82, 2.24) is 0 Å². The summed E-state index contributed by atoms with van der Waals surface area (Å²) in [6.45, 7) is 5.91. The maximum atomic E-state index is 11.7. The van der Waals surface area contributed by atoms with Crippen LogP contribution >= 0.6 is 0 Å². The van der Waals surface area contributed by atoms with Gasteiger partial charge in [0.15, 0.2) is 0 Å². The van der Waals surface area contributed by atoms with Crippen molar-refractivity contribution in [2.45, 2.75) is 32.8 Å². The van der Waals surface area contributed by atoms with Gasteiger partial charge in [-0.25, -0.2) is 4.79 Å². The van der Waals surface area contributed by atoms with Crippen LogP contribution in [0.1, 0.15) is 31.7 Å². The number of esters is 1. The highest BCUT2D eigenvalue weighted by Crippen LogP contribution is 2.09. The lowest BCUT2D eigenvalue weighted by molar-refractivity contribution is -0.140. The largest absolute Gasteiger partial charge is 0.457 e. The summed E-state index contributed by atoms with van der Waals surface area (Å²) < 4.78 is 5.20. The molecule has 0 saturated carbocycles. The van der Waals surface area contributed by atoms with Crippen molar-refractivity contribution in [3.8, 4) is 0 Å². The van der Waals surface area contributed by atoms with E-state index in [-0.39, 0.29) is 5.97 Å². The van der Waals surface area contributed by atoms with Crippen LogP contribution in [0.3, 0.4) is 0 Å². The molecule has 0 N–H and O–H groups in total. The first-order valence-corrected chi connectivity index (χ1v) is 5.88. The van der Waals surface area contributed by atoms with E-state index in [0.717, 1.165) is 18.4 Å². The molecular formula is C15H18O2. The molecule has 0 aromatic heterocycles. The molecule has 0 aliphatic heterocycles. The van der Waals surface area contributed by atoms with Gasteiger partial charge in [0.1, 0.15) is 6.61 Å². The molecule has 17 heavy (non-hydrogen) atoms. The van der Waals surface area contributed by atoms with E-state index < -0.39 is 0 Å². The fraction of sp³-hybridized carbons (Fsp3) is 0.333. The highest BCUT2D eigenvalue weighted by Gasteiger charge is 2.09. The first kappa shape index (κ1) is 13.3. The fourth-order valence-electron chi connectivity index (χ4n) is 1.43. The zero-order valence-corrected chi connectivity index (χ0v) is 10.2. The van der Waals surface area contributed by atoms with Crippen LogP contribution in [0.5, 0.6) is 0 Å². The summed E-state index contributed by atoms with van der Waals surface area (Å²) in [6.07, 6.45) is 2.68. The third-order valence-corrected chi connectivity index (χ3v) is 2.45. The van der Waals surface area contributed by atoms with E-state index in [9.17, 15) is 4.79 Å². The Balaban J connectivity index is 2.46. The predicted molar refractivity (Wildman–Crippen MR) is 68.4 cm³/mol. The number of rotatable bonds is 6. The maximum Gasteiger partial charge on any atom is 0.342 e. The summed E-state index contributed by atoms with van der Waals surface area (Å²) >= 11 is 0. The van der Waals surface area contributed by atoms with Crippen molar-refractivity contribution in [3.63, 3.8) is 0 Å². The lowest BCUT2D eigenvalue weighted by Crippen LogP contribution is -2.07. The summed E-state index contributed by atoms with van der Waals surface area (Å²) in [7, 11) is 0. The van der Waals surface area contributed by atoms with Crippen LogP contribution in [0, 0.1) is 0 Å². The van der Waals surface area contributed by atoms with Crippen molar-refractivity contribution in [1.29, 1.82) is 0 Å². The number of carbonyl (C=O) groups excluding carboxylic acids is 1. The number of benzene rings is 1. The van der Waals surface area contributed by atoms with Crippen LogP contribution in [-0.4, -0.2) is 5.97 Å². The lowest BCUT2D eigenvalue weighted by atomic mass is 10.1. The molecule has 2 heteroatoms. The molecule has 90 valence electrons. The highest BCUT2D eigenvalue weighted by molar-refractivity contribution is 5.88. The maximum absolute atomic E-state index is 11.7. The average molecular weight is 230 g/mol. The Morgan fingerprint density at radius 1 is 1.35 bits per heavy atom. The molecular weight excluding hydrogens is 212 g/mol. The molecule has 0 atom stereocenters. The van der Waals surface area contributed by atoms with Gasteiger partial charge >= 0.3 is 5.97 Å². The van der Waals surface area contributed by atoms with Crippen LogP contribution in [0.2, 0.25) is 0 Å². The van der Waals surface area contributed by atoms with Crippen LogP contribution in [0.15, 0.2) is 48.2 Å². The zero-order valence-electron chi connectivity index (χ0n) is 10.2. The summed E-state index contributed by atoms with van der Waals surface area (Å²) in [5, 5.41) is 0. The van der Waals surface area contributed by atoms with E-state index in [1.165, 1.54) is 0 Å². The van der Waals surface area contributed by atoms with E-state index in [1.807, 2.05) is 30.3 Å². The van der Waals surface area contributed by atoms with Crippen molar-refractivity contribution in [3.05, 3.63) is 53.8 Å². The Kier molecular flexibility index (Phi) is 5.84. The Labute approximate surface area is 103 Å². The third kappa shape index (κ3) is 4.71. The molecule has 1 rings (SSSR count). The molecule has 0 heterocycles. The predicted octanol–water partition coefficient (Wildman–Crippen LogP) is 3.63. The Hall–Kier alpha value is -1.79. The molecule has 0 radical (unpaired) electrons. The average Bonchev–Trinajstić information content (AvgIpc) is 2.38. The quantitative estimate of drug-likeness (QED) is 0.424. The Morgan fingerprint density at radius 2 is 2.06 bits per heavy atom. The Morgan fingerprint density at radius 3 is 2.65 bits per heavy atom. The molecule has 0 aliphatic carbocycles. The minimum absolute atomic E-state index is 0.303. The van der Waals surface area contributed by atoms with Gasteiger partial charge in [0.05, 0.1) is 5.57 Å². The van der Waals surface area contributed by atoms with Crippen LogP contribution < -0.4 is 0 Å². The van der Waals surface area contributed by atoms with Gasteiger partial charge in [0.2, 0.25) is 0 Å². The monoisotopic (exact) mass is 230 g/mol. The molecule has 0 fully saturated rings. The normalized spacial score (nSPS) is 9.47. The van der Waals surface area contributed by atoms with Crippen LogP contribution in [0.25, 0.3) is 0 Å². The molecule has 1 aromatic carbocycles. The van der Waals surface area contributed by atoms with Crippen molar-refractivity contribution in [2.75, 3.05) is 0 Å². The topological polar surface area (TPSA) is 26.3 Å². The van der Waals surface area contributed by atoms with Gasteiger partial charge < -0.3 is 4.74 Å². The smallest absolute Gasteiger partial charge is 0.342 e. The van der Waals surface area contributed by atoms with E-state index in [1.54, 1.807) is 0 Å².